The average molecular weight is 217 g/mol. The van der Waals surface area contributed by atoms with E-state index in [1.165, 1.54) is 24.7 Å². The summed E-state index contributed by atoms with van der Waals surface area (Å²) in [6.07, 6.45) is 2.87. The van der Waals surface area contributed by atoms with Crippen molar-refractivity contribution in [2.75, 3.05) is 0 Å². The van der Waals surface area contributed by atoms with Gasteiger partial charge in [0.2, 0.25) is 5.88 Å². The van der Waals surface area contributed by atoms with E-state index in [0.717, 1.165) is 0 Å². The maximum Gasteiger partial charge on any atom is 0.273 e. The lowest BCUT2D eigenvalue weighted by Crippen LogP contribution is -1.90. The summed E-state index contributed by atoms with van der Waals surface area (Å²) in [7, 11) is 0. The highest BCUT2D eigenvalue weighted by Crippen LogP contribution is 2.23. The number of hydrogen-bond acceptors (Lipinski definition) is 5. The summed E-state index contributed by atoms with van der Waals surface area (Å²) in [5.74, 6) is 0.711. The first kappa shape index (κ1) is 10.0. The molecule has 0 atom stereocenters. The van der Waals surface area contributed by atoms with Crippen LogP contribution in [-0.2, 0) is 0 Å². The fourth-order valence-corrected chi connectivity index (χ4v) is 1.12. The van der Waals surface area contributed by atoms with Crippen LogP contribution in [0, 0.1) is 10.1 Å². The summed E-state index contributed by atoms with van der Waals surface area (Å²) in [6.45, 7) is 0. The van der Waals surface area contributed by atoms with Crippen LogP contribution in [-0.4, -0.2) is 14.9 Å². The van der Waals surface area contributed by atoms with Crippen LogP contribution in [0.3, 0.4) is 0 Å². The predicted octanol–water partition coefficient (Wildman–Crippen LogP) is 2.18. The Balaban J connectivity index is 2.22. The molecule has 0 aliphatic carbocycles. The van der Waals surface area contributed by atoms with E-state index in [-0.39, 0.29) is 5.69 Å². The van der Waals surface area contributed by atoms with Gasteiger partial charge in [-0.3, -0.25) is 10.1 Å². The summed E-state index contributed by atoms with van der Waals surface area (Å²) in [4.78, 5) is 17.6. The van der Waals surface area contributed by atoms with Crippen LogP contribution in [0.1, 0.15) is 0 Å². The SMILES string of the molecule is O=[N+]([O-])c1cccc(Oc2ccncn2)c1. The standard InChI is InChI=1S/C10H7N3O3/c14-13(15)8-2-1-3-9(6-8)16-10-4-5-11-7-12-10/h1-7H. The topological polar surface area (TPSA) is 78.2 Å². The van der Waals surface area contributed by atoms with Gasteiger partial charge in [0.25, 0.3) is 5.69 Å². The van der Waals surface area contributed by atoms with Crippen molar-refractivity contribution in [2.24, 2.45) is 0 Å². The number of nitrogens with zero attached hydrogens (tertiary/aromatic N) is 3. The Morgan fingerprint density at radius 2 is 2.19 bits per heavy atom. The van der Waals surface area contributed by atoms with Gasteiger partial charge in [-0.15, -0.1) is 0 Å². The van der Waals surface area contributed by atoms with Crippen molar-refractivity contribution in [3.63, 3.8) is 0 Å². The van der Waals surface area contributed by atoms with Crippen molar-refractivity contribution < 1.29 is 9.66 Å². The number of hydrogen-bond donors (Lipinski definition) is 0. The fraction of sp³-hybridized carbons (Fsp3) is 0. The van der Waals surface area contributed by atoms with Crippen LogP contribution in [0.2, 0.25) is 0 Å². The minimum atomic E-state index is -0.479. The van der Waals surface area contributed by atoms with Crippen molar-refractivity contribution in [1.82, 2.24) is 9.97 Å². The second-order valence-electron chi connectivity index (χ2n) is 2.90. The molecule has 0 aliphatic heterocycles. The molecular formula is C10H7N3O3. The normalized spacial score (nSPS) is 9.75. The number of aromatic nitrogens is 2. The molecule has 1 heterocycles. The highest BCUT2D eigenvalue weighted by Gasteiger charge is 2.06. The van der Waals surface area contributed by atoms with Gasteiger partial charge in [0.1, 0.15) is 12.1 Å². The predicted molar refractivity (Wildman–Crippen MR) is 55.2 cm³/mol. The number of nitro groups is 1. The first-order valence-electron chi connectivity index (χ1n) is 4.44. The van der Waals surface area contributed by atoms with Crippen LogP contribution in [0.5, 0.6) is 11.6 Å². The van der Waals surface area contributed by atoms with Gasteiger partial charge in [-0.2, -0.15) is 0 Å². The molecule has 6 heteroatoms. The zero-order chi connectivity index (χ0) is 11.4. The summed E-state index contributed by atoms with van der Waals surface area (Å²) < 4.78 is 5.31. The third-order valence-electron chi connectivity index (χ3n) is 1.81. The van der Waals surface area contributed by atoms with E-state index in [1.54, 1.807) is 18.2 Å². The first-order chi connectivity index (χ1) is 7.75. The molecule has 0 spiro atoms. The second kappa shape index (κ2) is 4.35. The molecule has 0 saturated heterocycles. The van der Waals surface area contributed by atoms with E-state index in [2.05, 4.69) is 9.97 Å². The van der Waals surface area contributed by atoms with E-state index in [9.17, 15) is 10.1 Å². The minimum Gasteiger partial charge on any atom is -0.439 e. The summed E-state index contributed by atoms with van der Waals surface area (Å²) in [5.41, 5.74) is -0.0217. The lowest BCUT2D eigenvalue weighted by Gasteiger charge is -2.02. The maximum absolute atomic E-state index is 10.5. The monoisotopic (exact) mass is 217 g/mol. The molecule has 16 heavy (non-hydrogen) atoms. The van der Waals surface area contributed by atoms with Gasteiger partial charge in [-0.1, -0.05) is 6.07 Å². The van der Waals surface area contributed by atoms with Crippen molar-refractivity contribution in [3.8, 4) is 11.6 Å². The Bertz CT molecular complexity index is 502. The van der Waals surface area contributed by atoms with Crippen LogP contribution in [0.25, 0.3) is 0 Å². The molecule has 0 N–H and O–H groups in total. The molecule has 0 fully saturated rings. The van der Waals surface area contributed by atoms with Gasteiger partial charge in [0.15, 0.2) is 0 Å². The molecular weight excluding hydrogens is 210 g/mol. The van der Waals surface area contributed by atoms with Gasteiger partial charge in [-0.05, 0) is 6.07 Å². The van der Waals surface area contributed by atoms with E-state index in [4.69, 9.17) is 4.74 Å². The Morgan fingerprint density at radius 1 is 1.31 bits per heavy atom. The van der Waals surface area contributed by atoms with Crippen molar-refractivity contribution in [3.05, 3.63) is 53.0 Å². The zero-order valence-corrected chi connectivity index (χ0v) is 8.11. The first-order valence-corrected chi connectivity index (χ1v) is 4.44. The summed E-state index contributed by atoms with van der Waals surface area (Å²) in [6, 6.07) is 7.47. The molecule has 2 rings (SSSR count). The highest BCUT2D eigenvalue weighted by atomic mass is 16.6. The molecule has 0 bridgehead atoms. The number of rotatable bonds is 3. The van der Waals surface area contributed by atoms with E-state index >= 15 is 0 Å². The Labute approximate surface area is 90.7 Å². The van der Waals surface area contributed by atoms with Crippen LogP contribution < -0.4 is 4.74 Å². The smallest absolute Gasteiger partial charge is 0.273 e. The van der Waals surface area contributed by atoms with Gasteiger partial charge < -0.3 is 4.74 Å². The molecule has 1 aromatic carbocycles. The summed E-state index contributed by atoms with van der Waals surface area (Å²) >= 11 is 0. The Kier molecular flexibility index (Phi) is 2.73. The molecule has 80 valence electrons. The van der Waals surface area contributed by atoms with E-state index in [0.29, 0.717) is 11.6 Å². The second-order valence-corrected chi connectivity index (χ2v) is 2.90. The Hall–Kier alpha value is -2.50. The van der Waals surface area contributed by atoms with Gasteiger partial charge in [0.05, 0.1) is 11.0 Å². The van der Waals surface area contributed by atoms with Crippen molar-refractivity contribution >= 4 is 5.69 Å². The molecule has 0 amide bonds. The largest absolute Gasteiger partial charge is 0.439 e. The fourth-order valence-electron chi connectivity index (χ4n) is 1.12. The average Bonchev–Trinajstić information content (AvgIpc) is 2.30. The third kappa shape index (κ3) is 2.30. The van der Waals surface area contributed by atoms with Crippen LogP contribution >= 0.6 is 0 Å². The van der Waals surface area contributed by atoms with E-state index < -0.39 is 4.92 Å². The maximum atomic E-state index is 10.5. The van der Waals surface area contributed by atoms with Crippen LogP contribution in [0.4, 0.5) is 5.69 Å². The van der Waals surface area contributed by atoms with Gasteiger partial charge >= 0.3 is 0 Å². The minimum absolute atomic E-state index is 0.0217. The lowest BCUT2D eigenvalue weighted by molar-refractivity contribution is -0.384. The Morgan fingerprint density at radius 3 is 2.88 bits per heavy atom. The molecule has 0 unspecified atom stereocenters. The number of non-ortho nitro benzene ring substituents is 1. The molecule has 0 saturated carbocycles. The number of ether oxygens (including phenoxy) is 1. The van der Waals surface area contributed by atoms with Gasteiger partial charge in [0, 0.05) is 18.3 Å². The zero-order valence-electron chi connectivity index (χ0n) is 8.11. The molecule has 1 aromatic heterocycles. The van der Waals surface area contributed by atoms with Gasteiger partial charge in [-0.25, -0.2) is 9.97 Å². The summed E-state index contributed by atoms with van der Waals surface area (Å²) in [5, 5.41) is 10.5. The molecule has 6 nitrogen and oxygen atoms in total. The van der Waals surface area contributed by atoms with Crippen molar-refractivity contribution in [2.45, 2.75) is 0 Å². The number of nitro benzene ring substituents is 1. The van der Waals surface area contributed by atoms with E-state index in [1.807, 2.05) is 0 Å². The quantitative estimate of drug-likeness (QED) is 0.581. The van der Waals surface area contributed by atoms with Crippen molar-refractivity contribution in [1.29, 1.82) is 0 Å². The van der Waals surface area contributed by atoms with Crippen LogP contribution in [0.15, 0.2) is 42.9 Å². The highest BCUT2D eigenvalue weighted by molar-refractivity contribution is 5.39. The molecule has 0 aliphatic rings. The number of benzene rings is 1. The third-order valence-corrected chi connectivity index (χ3v) is 1.81. The lowest BCUT2D eigenvalue weighted by atomic mass is 10.3. The molecule has 2 aromatic rings. The molecule has 0 radical (unpaired) electrons.